The molecule has 0 fully saturated rings. The van der Waals surface area contributed by atoms with Crippen molar-refractivity contribution in [3.8, 4) is 22.8 Å². The molecule has 8 nitrogen and oxygen atoms in total. The number of ether oxygens (including phenoxy) is 3. The van der Waals surface area contributed by atoms with Crippen LogP contribution in [0.25, 0.3) is 11.3 Å². The van der Waals surface area contributed by atoms with Crippen molar-refractivity contribution in [2.45, 2.75) is 6.54 Å². The number of hydrogen-bond donors (Lipinski definition) is 1. The Morgan fingerprint density at radius 3 is 2.59 bits per heavy atom. The lowest BCUT2D eigenvalue weighted by Gasteiger charge is -2.18. The van der Waals surface area contributed by atoms with Crippen molar-refractivity contribution in [3.63, 3.8) is 0 Å². The van der Waals surface area contributed by atoms with E-state index in [-0.39, 0.29) is 17.7 Å². The molecule has 1 aliphatic rings. The maximum Gasteiger partial charge on any atom is 0.338 e. The average molecular weight is 394 g/mol. The van der Waals surface area contributed by atoms with Gasteiger partial charge in [0.15, 0.2) is 17.3 Å². The quantitative estimate of drug-likeness (QED) is 0.664. The van der Waals surface area contributed by atoms with Gasteiger partial charge in [-0.05, 0) is 30.3 Å². The van der Waals surface area contributed by atoms with Crippen molar-refractivity contribution >= 4 is 11.9 Å². The van der Waals surface area contributed by atoms with Gasteiger partial charge in [0.1, 0.15) is 18.9 Å². The summed E-state index contributed by atoms with van der Waals surface area (Å²) in [6, 6.07) is 13.7. The summed E-state index contributed by atoms with van der Waals surface area (Å²) in [5.74, 6) is 0.907. The zero-order chi connectivity index (χ0) is 20.2. The van der Waals surface area contributed by atoms with Gasteiger partial charge < -0.3 is 24.1 Å². The number of nitrogens with one attached hydrogen (secondary N) is 1. The van der Waals surface area contributed by atoms with Gasteiger partial charge in [0.25, 0.3) is 5.91 Å². The van der Waals surface area contributed by atoms with E-state index in [4.69, 9.17) is 18.7 Å². The van der Waals surface area contributed by atoms with E-state index in [2.05, 4.69) is 10.5 Å². The molecule has 1 amide bonds. The molecular formula is C21H18N2O6. The molecule has 0 bridgehead atoms. The number of methoxy groups -OCH3 is 1. The van der Waals surface area contributed by atoms with E-state index in [0.717, 1.165) is 5.56 Å². The van der Waals surface area contributed by atoms with Crippen LogP contribution in [-0.4, -0.2) is 37.4 Å². The van der Waals surface area contributed by atoms with Gasteiger partial charge in [-0.1, -0.05) is 17.3 Å². The number of rotatable bonds is 5. The van der Waals surface area contributed by atoms with E-state index in [1.807, 2.05) is 18.2 Å². The first-order chi connectivity index (χ1) is 14.2. The molecule has 29 heavy (non-hydrogen) atoms. The lowest BCUT2D eigenvalue weighted by Crippen LogP contribution is -2.25. The topological polar surface area (TPSA) is 99.9 Å². The fourth-order valence-electron chi connectivity index (χ4n) is 2.96. The molecule has 0 spiro atoms. The van der Waals surface area contributed by atoms with Crippen molar-refractivity contribution < 1.29 is 28.3 Å². The van der Waals surface area contributed by atoms with E-state index < -0.39 is 11.9 Å². The van der Waals surface area contributed by atoms with Gasteiger partial charge in [-0.2, -0.15) is 0 Å². The van der Waals surface area contributed by atoms with Crippen molar-refractivity contribution in [3.05, 3.63) is 65.4 Å². The predicted molar refractivity (Wildman–Crippen MR) is 102 cm³/mol. The van der Waals surface area contributed by atoms with Crippen LogP contribution < -0.4 is 14.8 Å². The number of hydrogen-bond acceptors (Lipinski definition) is 7. The van der Waals surface area contributed by atoms with Crippen LogP contribution in [-0.2, 0) is 11.3 Å². The van der Waals surface area contributed by atoms with Crippen LogP contribution in [0.5, 0.6) is 11.5 Å². The Morgan fingerprint density at radius 2 is 1.79 bits per heavy atom. The van der Waals surface area contributed by atoms with Gasteiger partial charge in [0, 0.05) is 11.6 Å². The van der Waals surface area contributed by atoms with Crippen LogP contribution in [0, 0.1) is 0 Å². The van der Waals surface area contributed by atoms with Gasteiger partial charge in [-0.3, -0.25) is 4.79 Å². The van der Waals surface area contributed by atoms with E-state index in [0.29, 0.717) is 36.2 Å². The van der Waals surface area contributed by atoms with Crippen LogP contribution in [0.2, 0.25) is 0 Å². The molecule has 1 aromatic heterocycles. The molecule has 8 heteroatoms. The van der Waals surface area contributed by atoms with Gasteiger partial charge in [0.05, 0.1) is 24.8 Å². The number of esters is 1. The molecule has 2 heterocycles. The third-order valence-corrected chi connectivity index (χ3v) is 4.39. The predicted octanol–water partition coefficient (Wildman–Crippen LogP) is 2.83. The minimum atomic E-state index is -0.571. The monoisotopic (exact) mass is 394 g/mol. The number of amides is 1. The minimum Gasteiger partial charge on any atom is -0.486 e. The lowest BCUT2D eigenvalue weighted by molar-refractivity contribution is 0.0596. The van der Waals surface area contributed by atoms with Gasteiger partial charge in [-0.15, -0.1) is 0 Å². The Hall–Kier alpha value is -3.81. The first-order valence-corrected chi connectivity index (χ1v) is 8.97. The number of fused-ring (bicyclic) bond motifs is 1. The van der Waals surface area contributed by atoms with Crippen LogP contribution in [0.1, 0.15) is 26.4 Å². The highest BCUT2D eigenvalue weighted by Crippen LogP contribution is 2.34. The van der Waals surface area contributed by atoms with Crippen molar-refractivity contribution in [2.24, 2.45) is 0 Å². The Kier molecular flexibility index (Phi) is 5.15. The molecule has 0 saturated carbocycles. The third-order valence-electron chi connectivity index (χ3n) is 4.39. The molecule has 0 radical (unpaired) electrons. The van der Waals surface area contributed by atoms with Crippen LogP contribution >= 0.6 is 0 Å². The number of aromatic nitrogens is 1. The average Bonchev–Trinajstić information content (AvgIpc) is 3.25. The van der Waals surface area contributed by atoms with Gasteiger partial charge in [0.2, 0.25) is 0 Å². The fourth-order valence-corrected chi connectivity index (χ4v) is 2.96. The largest absolute Gasteiger partial charge is 0.486 e. The highest BCUT2D eigenvalue weighted by atomic mass is 16.6. The normalized spacial score (nSPS) is 12.3. The smallest absolute Gasteiger partial charge is 0.338 e. The first-order valence-electron chi connectivity index (χ1n) is 8.97. The number of carbonyl (C=O) groups is 2. The van der Waals surface area contributed by atoms with Crippen molar-refractivity contribution in [1.82, 2.24) is 10.5 Å². The Labute approximate surface area is 166 Å². The van der Waals surface area contributed by atoms with Gasteiger partial charge in [-0.25, -0.2) is 4.79 Å². The lowest BCUT2D eigenvalue weighted by atomic mass is 10.1. The first kappa shape index (κ1) is 18.5. The van der Waals surface area contributed by atoms with Crippen LogP contribution in [0.3, 0.4) is 0 Å². The van der Waals surface area contributed by atoms with E-state index >= 15 is 0 Å². The number of benzene rings is 2. The van der Waals surface area contributed by atoms with E-state index in [1.54, 1.807) is 24.3 Å². The number of carbonyl (C=O) groups excluding carboxylic acids is 2. The second-order valence-corrected chi connectivity index (χ2v) is 6.26. The fraction of sp³-hybridized carbons (Fsp3) is 0.190. The Morgan fingerprint density at radius 1 is 1.03 bits per heavy atom. The minimum absolute atomic E-state index is 0.141. The summed E-state index contributed by atoms with van der Waals surface area (Å²) < 4.78 is 21.2. The summed E-state index contributed by atoms with van der Waals surface area (Å²) >= 11 is 0. The van der Waals surface area contributed by atoms with Crippen LogP contribution in [0.4, 0.5) is 0 Å². The second-order valence-electron chi connectivity index (χ2n) is 6.26. The summed E-state index contributed by atoms with van der Waals surface area (Å²) in [7, 11) is 1.27. The van der Waals surface area contributed by atoms with Gasteiger partial charge >= 0.3 is 5.97 Å². The summed E-state index contributed by atoms with van der Waals surface area (Å²) in [5, 5.41) is 6.73. The molecule has 0 saturated heterocycles. The summed E-state index contributed by atoms with van der Waals surface area (Å²) in [6.07, 6.45) is 0. The third kappa shape index (κ3) is 3.91. The molecule has 1 N–H and O–H groups in total. The molecule has 2 aromatic carbocycles. The molecule has 148 valence electrons. The molecule has 0 atom stereocenters. The maximum absolute atomic E-state index is 12.5. The zero-order valence-electron chi connectivity index (χ0n) is 15.6. The SMILES string of the molecule is COC(=O)c1ccccc1C(=O)NCc1cc(-c2ccc3c(c2)OCCO3)on1. The second kappa shape index (κ2) is 8.05. The Bertz CT molecular complexity index is 1060. The standard InChI is InChI=1S/C21H18N2O6/c1-26-21(25)16-5-3-2-4-15(16)20(24)22-12-14-11-18(29-23-14)13-6-7-17-19(10-13)28-9-8-27-17/h2-7,10-11H,8-9,12H2,1H3,(H,22,24). The highest BCUT2D eigenvalue weighted by Gasteiger charge is 2.18. The number of nitrogens with zero attached hydrogens (tertiary/aromatic N) is 1. The molecule has 0 unspecified atom stereocenters. The zero-order valence-corrected chi connectivity index (χ0v) is 15.6. The molecule has 1 aliphatic heterocycles. The Balaban J connectivity index is 1.45. The van der Waals surface area contributed by atoms with Crippen molar-refractivity contribution in [1.29, 1.82) is 0 Å². The molecule has 3 aromatic rings. The summed E-state index contributed by atoms with van der Waals surface area (Å²) in [6.45, 7) is 1.16. The van der Waals surface area contributed by atoms with Crippen molar-refractivity contribution in [2.75, 3.05) is 20.3 Å². The molecule has 4 rings (SSSR count). The molecular weight excluding hydrogens is 376 g/mol. The summed E-state index contributed by atoms with van der Waals surface area (Å²) in [5.41, 5.74) is 1.76. The summed E-state index contributed by atoms with van der Waals surface area (Å²) in [4.78, 5) is 24.3. The van der Waals surface area contributed by atoms with E-state index in [1.165, 1.54) is 13.2 Å². The van der Waals surface area contributed by atoms with E-state index in [9.17, 15) is 9.59 Å². The van der Waals surface area contributed by atoms with Crippen LogP contribution in [0.15, 0.2) is 53.1 Å². The maximum atomic E-state index is 12.5. The molecule has 0 aliphatic carbocycles. The highest BCUT2D eigenvalue weighted by molar-refractivity contribution is 6.05.